The number of anilines is 3. The Balaban J connectivity index is 1.48. The number of carbonyl (C=O) groups excluding carboxylic acids is 1. The maximum absolute atomic E-state index is 12.2. The number of ether oxygens (including phenoxy) is 1. The summed E-state index contributed by atoms with van der Waals surface area (Å²) < 4.78 is 6.25. The quantitative estimate of drug-likeness (QED) is 0.509. The molecule has 0 bridgehead atoms. The molecule has 3 rings (SSSR count). The minimum atomic E-state index is 0.250. The smallest absolute Gasteiger partial charge is 0.229 e. The van der Waals surface area contributed by atoms with Crippen molar-refractivity contribution in [1.29, 1.82) is 0 Å². The van der Waals surface area contributed by atoms with E-state index in [1.807, 2.05) is 43.1 Å². The summed E-state index contributed by atoms with van der Waals surface area (Å²) in [4.78, 5) is 22.9. The third-order valence-corrected chi connectivity index (χ3v) is 5.54. The first kappa shape index (κ1) is 21.4. The third-order valence-electron chi connectivity index (χ3n) is 4.96. The fraction of sp³-hybridized carbons (Fsp3) is 0.476. The van der Waals surface area contributed by atoms with Gasteiger partial charge in [-0.25, -0.2) is 4.98 Å². The van der Waals surface area contributed by atoms with E-state index in [0.29, 0.717) is 12.6 Å². The molecule has 1 saturated carbocycles. The van der Waals surface area contributed by atoms with Gasteiger partial charge in [-0.2, -0.15) is 4.98 Å². The van der Waals surface area contributed by atoms with Gasteiger partial charge >= 0.3 is 0 Å². The molecule has 1 aromatic heterocycles. The van der Waals surface area contributed by atoms with Gasteiger partial charge in [0.05, 0.1) is 11.1 Å². The van der Waals surface area contributed by atoms with Gasteiger partial charge in [-0.1, -0.05) is 6.42 Å². The van der Waals surface area contributed by atoms with Crippen LogP contribution in [0.3, 0.4) is 0 Å². The van der Waals surface area contributed by atoms with Crippen molar-refractivity contribution in [3.8, 4) is 5.75 Å². The fourth-order valence-electron chi connectivity index (χ4n) is 3.08. The Kier molecular flexibility index (Phi) is 7.69. The number of rotatable bonds is 10. The number of aromatic nitrogens is 2. The second kappa shape index (κ2) is 10.4. The molecule has 1 aliphatic rings. The second-order valence-corrected chi connectivity index (χ2v) is 7.99. The van der Waals surface area contributed by atoms with Crippen molar-refractivity contribution in [2.45, 2.75) is 32.6 Å². The number of carbonyl (C=O) groups is 1. The highest BCUT2D eigenvalue weighted by Gasteiger charge is 2.27. The first-order valence-electron chi connectivity index (χ1n) is 10.1. The second-order valence-electron chi connectivity index (χ2n) is 7.14. The minimum Gasteiger partial charge on any atom is -0.494 e. The van der Waals surface area contributed by atoms with Crippen molar-refractivity contribution in [1.82, 2.24) is 14.9 Å². The van der Waals surface area contributed by atoms with Crippen LogP contribution >= 0.6 is 15.9 Å². The van der Waals surface area contributed by atoms with Crippen LogP contribution in [0.5, 0.6) is 5.75 Å². The zero-order chi connectivity index (χ0) is 20.6. The number of hydrogen-bond acceptors (Lipinski definition) is 6. The molecule has 1 amide bonds. The van der Waals surface area contributed by atoms with E-state index in [-0.39, 0.29) is 11.8 Å². The van der Waals surface area contributed by atoms with E-state index in [2.05, 4.69) is 36.5 Å². The summed E-state index contributed by atoms with van der Waals surface area (Å²) in [5, 5.41) is 6.52. The van der Waals surface area contributed by atoms with E-state index in [1.54, 1.807) is 6.20 Å². The van der Waals surface area contributed by atoms with Crippen molar-refractivity contribution in [3.05, 3.63) is 34.9 Å². The Hall–Kier alpha value is -2.35. The van der Waals surface area contributed by atoms with Crippen LogP contribution in [0.4, 0.5) is 17.5 Å². The number of nitrogens with one attached hydrogen (secondary N) is 2. The minimum absolute atomic E-state index is 0.250. The summed E-state index contributed by atoms with van der Waals surface area (Å²) in [6, 6.07) is 7.67. The van der Waals surface area contributed by atoms with Gasteiger partial charge < -0.3 is 20.3 Å². The largest absolute Gasteiger partial charge is 0.494 e. The topological polar surface area (TPSA) is 79.4 Å². The number of nitrogens with zero attached hydrogens (tertiary/aromatic N) is 3. The molecule has 0 unspecified atom stereocenters. The van der Waals surface area contributed by atoms with Crippen LogP contribution in [-0.2, 0) is 4.79 Å². The van der Waals surface area contributed by atoms with Gasteiger partial charge in [0, 0.05) is 37.9 Å². The molecule has 1 heterocycles. The first-order valence-corrected chi connectivity index (χ1v) is 10.9. The van der Waals surface area contributed by atoms with E-state index in [4.69, 9.17) is 4.74 Å². The predicted molar refractivity (Wildman–Crippen MR) is 119 cm³/mol. The van der Waals surface area contributed by atoms with Gasteiger partial charge in [-0.05, 0) is 66.4 Å². The summed E-state index contributed by atoms with van der Waals surface area (Å²) in [5.74, 6) is 2.60. The molecule has 1 aromatic carbocycles. The molecule has 0 radical (unpaired) electrons. The maximum Gasteiger partial charge on any atom is 0.229 e. The lowest BCUT2D eigenvalue weighted by molar-refractivity contribution is -0.136. The van der Waals surface area contributed by atoms with Crippen molar-refractivity contribution in [3.63, 3.8) is 0 Å². The molecule has 8 heteroatoms. The van der Waals surface area contributed by atoms with E-state index in [1.165, 1.54) is 6.42 Å². The molecule has 0 saturated heterocycles. The highest BCUT2D eigenvalue weighted by molar-refractivity contribution is 9.10. The van der Waals surface area contributed by atoms with Crippen LogP contribution in [0.1, 0.15) is 32.6 Å². The van der Waals surface area contributed by atoms with Crippen molar-refractivity contribution in [2.75, 3.05) is 37.4 Å². The van der Waals surface area contributed by atoms with Crippen LogP contribution in [0.15, 0.2) is 34.9 Å². The summed E-state index contributed by atoms with van der Waals surface area (Å²) in [6.45, 7) is 4.06. The molecule has 2 N–H and O–H groups in total. The van der Waals surface area contributed by atoms with E-state index >= 15 is 0 Å². The van der Waals surface area contributed by atoms with Crippen molar-refractivity contribution >= 4 is 39.3 Å². The first-order chi connectivity index (χ1) is 14.1. The van der Waals surface area contributed by atoms with Crippen LogP contribution in [0.25, 0.3) is 0 Å². The summed E-state index contributed by atoms with van der Waals surface area (Å²) in [7, 11) is 1.89. The summed E-state index contributed by atoms with van der Waals surface area (Å²) in [6.07, 6.45) is 5.84. The zero-order valence-corrected chi connectivity index (χ0v) is 18.5. The van der Waals surface area contributed by atoms with E-state index in [9.17, 15) is 4.79 Å². The highest BCUT2D eigenvalue weighted by Crippen LogP contribution is 2.28. The lowest BCUT2D eigenvalue weighted by Crippen LogP contribution is -2.37. The van der Waals surface area contributed by atoms with E-state index < -0.39 is 0 Å². The van der Waals surface area contributed by atoms with E-state index in [0.717, 1.165) is 54.1 Å². The third kappa shape index (κ3) is 6.06. The molecule has 156 valence electrons. The van der Waals surface area contributed by atoms with Crippen LogP contribution in [0.2, 0.25) is 0 Å². The molecule has 7 nitrogen and oxygen atoms in total. The zero-order valence-electron chi connectivity index (χ0n) is 16.9. The van der Waals surface area contributed by atoms with Gasteiger partial charge in [-0.3, -0.25) is 4.79 Å². The summed E-state index contributed by atoms with van der Waals surface area (Å²) in [5.41, 5.74) is 0.887. The Morgan fingerprint density at radius 3 is 2.72 bits per heavy atom. The molecule has 1 aliphatic carbocycles. The molecule has 29 heavy (non-hydrogen) atoms. The monoisotopic (exact) mass is 461 g/mol. The number of amides is 1. The number of hydrogen-bond donors (Lipinski definition) is 2. The van der Waals surface area contributed by atoms with Crippen molar-refractivity contribution in [2.24, 2.45) is 5.92 Å². The number of benzene rings is 1. The molecular weight excluding hydrogens is 434 g/mol. The lowest BCUT2D eigenvalue weighted by Gasteiger charge is -2.29. The van der Waals surface area contributed by atoms with Crippen LogP contribution < -0.4 is 15.4 Å². The molecule has 0 atom stereocenters. The molecule has 1 fully saturated rings. The SMILES string of the molecule is CCOc1ccc(Nc2ncc(Br)c(NCCCN(C)C(=O)C3CCC3)n2)cc1. The summed E-state index contributed by atoms with van der Waals surface area (Å²) >= 11 is 3.49. The van der Waals surface area contributed by atoms with Gasteiger partial charge in [0.2, 0.25) is 11.9 Å². The lowest BCUT2D eigenvalue weighted by atomic mass is 9.84. The normalized spacial score (nSPS) is 13.5. The fourth-order valence-corrected chi connectivity index (χ4v) is 3.41. The molecule has 0 spiro atoms. The van der Waals surface area contributed by atoms with Gasteiger partial charge in [0.15, 0.2) is 0 Å². The standard InChI is InChI=1S/C21H28BrN5O2/c1-3-29-17-10-8-16(9-11-17)25-21-24-14-18(22)19(26-21)23-12-5-13-27(2)20(28)15-6-4-7-15/h8-11,14-15H,3-7,12-13H2,1-2H3,(H2,23,24,25,26). The average molecular weight is 462 g/mol. The maximum atomic E-state index is 12.2. The Morgan fingerprint density at radius 2 is 2.07 bits per heavy atom. The molecule has 0 aliphatic heterocycles. The Morgan fingerprint density at radius 1 is 1.31 bits per heavy atom. The number of halogens is 1. The van der Waals surface area contributed by atoms with Gasteiger partial charge in [0.25, 0.3) is 0 Å². The molecule has 2 aromatic rings. The highest BCUT2D eigenvalue weighted by atomic mass is 79.9. The van der Waals surface area contributed by atoms with Crippen molar-refractivity contribution < 1.29 is 9.53 Å². The van der Waals surface area contributed by atoms with Crippen LogP contribution in [-0.4, -0.2) is 47.5 Å². The van der Waals surface area contributed by atoms with Gasteiger partial charge in [0.1, 0.15) is 11.6 Å². The average Bonchev–Trinajstić information content (AvgIpc) is 2.67. The van der Waals surface area contributed by atoms with Crippen LogP contribution in [0, 0.1) is 5.92 Å². The molecular formula is C21H28BrN5O2. The Bertz CT molecular complexity index is 811. The van der Waals surface area contributed by atoms with Gasteiger partial charge in [-0.15, -0.1) is 0 Å². The predicted octanol–water partition coefficient (Wildman–Crippen LogP) is 4.44. The Labute approximate surface area is 180 Å².